The fourth-order valence-electron chi connectivity index (χ4n) is 0.835. The first-order chi connectivity index (χ1) is 7.50. The van der Waals surface area contributed by atoms with Crippen molar-refractivity contribution in [1.29, 1.82) is 0 Å². The first-order valence-electron chi connectivity index (χ1n) is 4.81. The van der Waals surface area contributed by atoms with Crippen LogP contribution in [0.25, 0.3) is 0 Å². The van der Waals surface area contributed by atoms with Crippen molar-refractivity contribution in [3.8, 4) is 0 Å². The molecule has 1 aliphatic heterocycles. The highest BCUT2D eigenvalue weighted by Crippen LogP contribution is 2.42. The summed E-state index contributed by atoms with van der Waals surface area (Å²) in [6.45, 7) is 4.33. The molecule has 1 fully saturated rings. The van der Waals surface area contributed by atoms with E-state index in [0.717, 1.165) is 24.7 Å². The van der Waals surface area contributed by atoms with E-state index in [9.17, 15) is 0 Å². The molecule has 0 aromatic rings. The minimum absolute atomic E-state index is 0.671. The number of hydrogen-bond donors (Lipinski definition) is 0. The average Bonchev–Trinajstić information content (AvgIpc) is 2.27. The molecule has 1 heterocycles. The van der Waals surface area contributed by atoms with E-state index in [2.05, 4.69) is 0 Å². The lowest BCUT2D eigenvalue weighted by Gasteiger charge is -2.05. The van der Waals surface area contributed by atoms with Crippen molar-refractivity contribution >= 4 is 41.2 Å². The topological polar surface area (TPSA) is 27.7 Å². The second-order valence-electron chi connectivity index (χ2n) is 2.62. The van der Waals surface area contributed by atoms with Gasteiger partial charge in [0.25, 0.3) is 0 Å². The summed E-state index contributed by atoms with van der Waals surface area (Å²) in [4.78, 5) is 0. The Morgan fingerprint density at radius 3 is 1.40 bits per heavy atom. The Labute approximate surface area is 106 Å². The van der Waals surface area contributed by atoms with Crippen molar-refractivity contribution in [3.63, 3.8) is 0 Å². The fourth-order valence-corrected chi connectivity index (χ4v) is 6.53. The molecule has 0 unspecified atom stereocenters. The van der Waals surface area contributed by atoms with Crippen molar-refractivity contribution in [2.75, 3.05) is 51.1 Å². The summed E-state index contributed by atoms with van der Waals surface area (Å²) in [6, 6.07) is 0. The Bertz CT molecular complexity index is 80.5. The van der Waals surface area contributed by atoms with E-state index in [1.54, 1.807) is 0 Å². The van der Waals surface area contributed by atoms with Crippen molar-refractivity contribution in [2.24, 2.45) is 0 Å². The van der Waals surface area contributed by atoms with Crippen molar-refractivity contribution in [2.45, 2.75) is 0 Å². The zero-order valence-corrected chi connectivity index (χ0v) is 11.8. The highest BCUT2D eigenvalue weighted by Gasteiger charge is 1.97. The van der Waals surface area contributed by atoms with E-state index in [1.165, 1.54) is 0 Å². The van der Waals surface area contributed by atoms with Gasteiger partial charge in [-0.05, 0) is 19.7 Å². The number of ether oxygens (including phenoxy) is 3. The van der Waals surface area contributed by atoms with Gasteiger partial charge in [-0.1, -0.05) is 21.6 Å². The zero-order chi connectivity index (χ0) is 10.6. The lowest BCUT2D eigenvalue weighted by atomic mass is 10.7. The zero-order valence-electron chi connectivity index (χ0n) is 8.51. The van der Waals surface area contributed by atoms with Gasteiger partial charge in [0.2, 0.25) is 0 Å². The van der Waals surface area contributed by atoms with Gasteiger partial charge in [0.1, 0.15) is 0 Å². The van der Waals surface area contributed by atoms with Crippen LogP contribution in [-0.4, -0.2) is 51.1 Å². The van der Waals surface area contributed by atoms with Crippen LogP contribution in [0.2, 0.25) is 0 Å². The Kier molecular flexibility index (Phi) is 11.2. The van der Waals surface area contributed by atoms with Crippen molar-refractivity contribution < 1.29 is 14.2 Å². The van der Waals surface area contributed by atoms with Crippen LogP contribution < -0.4 is 0 Å². The third kappa shape index (κ3) is 10.2. The lowest BCUT2D eigenvalue weighted by molar-refractivity contribution is 0.0206. The van der Waals surface area contributed by atoms with Crippen LogP contribution in [0.3, 0.4) is 0 Å². The van der Waals surface area contributed by atoms with Gasteiger partial charge in [0.15, 0.2) is 0 Å². The van der Waals surface area contributed by atoms with Crippen molar-refractivity contribution in [3.05, 3.63) is 0 Å². The van der Waals surface area contributed by atoms with E-state index < -0.39 is 0 Å². The van der Waals surface area contributed by atoms with Crippen LogP contribution in [0.15, 0.2) is 0 Å². The Morgan fingerprint density at radius 2 is 0.933 bits per heavy atom. The maximum absolute atomic E-state index is 5.39. The molecule has 0 aliphatic carbocycles. The predicted octanol–water partition coefficient (Wildman–Crippen LogP) is 2.73. The van der Waals surface area contributed by atoms with Gasteiger partial charge in [-0.3, -0.25) is 0 Å². The van der Waals surface area contributed by atoms with Gasteiger partial charge >= 0.3 is 0 Å². The summed E-state index contributed by atoms with van der Waals surface area (Å²) in [5, 5.41) is 0. The Balaban J connectivity index is 2.01. The molecule has 1 saturated heterocycles. The summed E-state index contributed by atoms with van der Waals surface area (Å²) in [7, 11) is 7.30. The third-order valence-corrected chi connectivity index (χ3v) is 7.88. The minimum atomic E-state index is 0.671. The molecule has 15 heavy (non-hydrogen) atoms. The van der Waals surface area contributed by atoms with Crippen LogP contribution in [0.5, 0.6) is 0 Å². The summed E-state index contributed by atoms with van der Waals surface area (Å²) >= 11 is 0. The maximum Gasteiger partial charge on any atom is 0.0701 e. The largest absolute Gasteiger partial charge is 0.378 e. The molecule has 7 heteroatoms. The third-order valence-electron chi connectivity index (χ3n) is 1.49. The molecule has 0 aromatic carbocycles. The highest BCUT2D eigenvalue weighted by atomic mass is 33.7. The molecule has 0 atom stereocenters. The van der Waals surface area contributed by atoms with Crippen LogP contribution in [0.1, 0.15) is 0 Å². The molecule has 0 bridgehead atoms. The number of rotatable bonds is 0. The molecule has 0 radical (unpaired) electrons. The molecule has 0 aromatic heterocycles. The minimum Gasteiger partial charge on any atom is -0.378 e. The summed E-state index contributed by atoms with van der Waals surface area (Å²) < 4.78 is 16.1. The van der Waals surface area contributed by atoms with Gasteiger partial charge in [0, 0.05) is 11.5 Å². The average molecular weight is 288 g/mol. The van der Waals surface area contributed by atoms with E-state index in [4.69, 9.17) is 14.2 Å². The quantitative estimate of drug-likeness (QED) is 0.633. The SMILES string of the molecule is C1COCCSSSSCCOCCO1. The second kappa shape index (κ2) is 11.8. The van der Waals surface area contributed by atoms with E-state index in [-0.39, 0.29) is 0 Å². The van der Waals surface area contributed by atoms with E-state index in [1.807, 2.05) is 41.2 Å². The molecule has 0 spiro atoms. The first-order valence-corrected chi connectivity index (χ1v) is 9.96. The van der Waals surface area contributed by atoms with E-state index in [0.29, 0.717) is 26.4 Å². The lowest BCUT2D eigenvalue weighted by Crippen LogP contribution is -2.10. The first kappa shape index (κ1) is 14.3. The fraction of sp³-hybridized carbons (Fsp3) is 1.00. The second-order valence-corrected chi connectivity index (χ2v) is 8.86. The molecule has 1 rings (SSSR count). The molecule has 0 amide bonds. The summed E-state index contributed by atoms with van der Waals surface area (Å²) in [5.74, 6) is 2.07. The molecular weight excluding hydrogens is 272 g/mol. The van der Waals surface area contributed by atoms with Gasteiger partial charge in [-0.15, -0.1) is 0 Å². The van der Waals surface area contributed by atoms with Crippen molar-refractivity contribution in [1.82, 2.24) is 0 Å². The normalized spacial score (nSPS) is 24.0. The monoisotopic (exact) mass is 288 g/mol. The maximum atomic E-state index is 5.39. The predicted molar refractivity (Wildman–Crippen MR) is 72.6 cm³/mol. The molecule has 0 saturated carbocycles. The molecule has 1 aliphatic rings. The van der Waals surface area contributed by atoms with Gasteiger partial charge < -0.3 is 14.2 Å². The smallest absolute Gasteiger partial charge is 0.0701 e. The van der Waals surface area contributed by atoms with Crippen LogP contribution in [0, 0.1) is 0 Å². The van der Waals surface area contributed by atoms with Crippen LogP contribution in [0.4, 0.5) is 0 Å². The molecule has 90 valence electrons. The van der Waals surface area contributed by atoms with Gasteiger partial charge in [0.05, 0.1) is 39.6 Å². The number of hydrogen-bond acceptors (Lipinski definition) is 7. The Hall–Kier alpha value is 1.28. The van der Waals surface area contributed by atoms with E-state index >= 15 is 0 Å². The Morgan fingerprint density at radius 1 is 0.533 bits per heavy atom. The van der Waals surface area contributed by atoms with Crippen LogP contribution in [-0.2, 0) is 14.2 Å². The highest BCUT2D eigenvalue weighted by molar-refractivity contribution is 9.26. The molecular formula is C8H16O3S4. The van der Waals surface area contributed by atoms with Gasteiger partial charge in [-0.25, -0.2) is 0 Å². The molecule has 0 N–H and O–H groups in total. The summed E-state index contributed by atoms with van der Waals surface area (Å²) in [5.41, 5.74) is 0. The van der Waals surface area contributed by atoms with Gasteiger partial charge in [-0.2, -0.15) is 0 Å². The molecule has 3 nitrogen and oxygen atoms in total. The van der Waals surface area contributed by atoms with Crippen LogP contribution >= 0.6 is 41.2 Å². The standard InChI is InChI=1S/C8H16O3S4/c1-3-10-5-7-12-14-15-13-8-6-11-4-2-9-1/h1-8H2. The summed E-state index contributed by atoms with van der Waals surface area (Å²) in [6.07, 6.45) is 0.